The quantitative estimate of drug-likeness (QED) is 0.174. The Kier molecular flexibility index (Phi) is 8.19. The van der Waals surface area contributed by atoms with Gasteiger partial charge in [-0.15, -0.1) is 0 Å². The van der Waals surface area contributed by atoms with Gasteiger partial charge in [-0.1, -0.05) is 121 Å². The van der Waals surface area contributed by atoms with Gasteiger partial charge in [-0.3, -0.25) is 0 Å². The molecule has 0 atom stereocenters. The molecule has 7 aromatic carbocycles. The van der Waals surface area contributed by atoms with Gasteiger partial charge in [0, 0.05) is 22.5 Å². The van der Waals surface area contributed by atoms with E-state index in [1.54, 1.807) is 12.1 Å². The molecule has 0 aromatic heterocycles. The molecule has 0 aliphatic carbocycles. The Morgan fingerprint density at radius 2 is 0.660 bits per heavy atom. The first-order valence-electron chi connectivity index (χ1n) is 17.0. The molecular formula is C47H28N6. The summed E-state index contributed by atoms with van der Waals surface area (Å²) in [5, 5.41) is 40.9. The number of hydrogen-bond donors (Lipinski definition) is 0. The minimum Gasteiger partial charge on any atom is -0.308 e. The molecule has 6 nitrogen and oxygen atoms in total. The maximum atomic E-state index is 10.2. The average molecular weight is 677 g/mol. The van der Waals surface area contributed by atoms with Gasteiger partial charge >= 0.3 is 0 Å². The standard InChI is InChI=1S/C47H28N6/c48-29-33-21-34(30-49)24-41(23-33)52-45-27-43(37-13-5-1-6-14-37)44(38-15-7-2-8-16-38)28-46(45)53(42-25-35(31-50)22-36(26-42)32-51)47(52,39-17-9-3-10-18-39)40-19-11-4-12-20-40/h1-28H. The van der Waals surface area contributed by atoms with Crippen molar-refractivity contribution in [3.63, 3.8) is 0 Å². The summed E-state index contributed by atoms with van der Waals surface area (Å²) in [5.41, 5.74) is 8.79. The Morgan fingerprint density at radius 1 is 0.358 bits per heavy atom. The summed E-state index contributed by atoms with van der Waals surface area (Å²) in [6, 6.07) is 64.5. The van der Waals surface area contributed by atoms with Crippen LogP contribution in [0.2, 0.25) is 0 Å². The molecule has 246 valence electrons. The summed E-state index contributed by atoms with van der Waals surface area (Å²) >= 11 is 0. The van der Waals surface area contributed by atoms with E-state index in [9.17, 15) is 21.0 Å². The third kappa shape index (κ3) is 5.42. The fraction of sp³-hybridized carbons (Fsp3) is 0.0213. The number of anilines is 4. The van der Waals surface area contributed by atoms with Gasteiger partial charge in [0.15, 0.2) is 5.66 Å². The molecule has 0 amide bonds. The van der Waals surface area contributed by atoms with Crippen molar-refractivity contribution in [3.05, 3.63) is 203 Å². The smallest absolute Gasteiger partial charge is 0.175 e. The van der Waals surface area contributed by atoms with Gasteiger partial charge < -0.3 is 9.80 Å². The predicted octanol–water partition coefficient (Wildman–Crippen LogP) is 10.7. The Morgan fingerprint density at radius 3 is 0.962 bits per heavy atom. The van der Waals surface area contributed by atoms with Crippen molar-refractivity contribution in [3.8, 4) is 46.5 Å². The van der Waals surface area contributed by atoms with E-state index >= 15 is 0 Å². The molecule has 0 bridgehead atoms. The molecule has 0 saturated carbocycles. The summed E-state index contributed by atoms with van der Waals surface area (Å²) in [7, 11) is 0. The van der Waals surface area contributed by atoms with Crippen LogP contribution in [0.1, 0.15) is 33.4 Å². The van der Waals surface area contributed by atoms with Crippen molar-refractivity contribution in [1.82, 2.24) is 0 Å². The SMILES string of the molecule is N#Cc1cc(C#N)cc(N2c3cc(-c4ccccc4)c(-c4ccccc4)cc3N(c3cc(C#N)cc(C#N)c3)C2(c2ccccc2)c2ccccc2)c1. The Balaban J connectivity index is 1.61. The molecule has 1 aliphatic heterocycles. The number of benzene rings is 7. The molecule has 8 rings (SSSR count). The number of rotatable bonds is 6. The van der Waals surface area contributed by atoms with Gasteiger partial charge in [0.2, 0.25) is 0 Å². The highest BCUT2D eigenvalue weighted by Crippen LogP contribution is 2.61. The monoisotopic (exact) mass is 676 g/mol. The summed E-state index contributed by atoms with van der Waals surface area (Å²) in [4.78, 5) is 4.39. The van der Waals surface area contributed by atoms with Crippen LogP contribution in [0.4, 0.5) is 22.7 Å². The highest BCUT2D eigenvalue weighted by atomic mass is 15.5. The molecule has 0 unspecified atom stereocenters. The number of nitriles is 4. The van der Waals surface area contributed by atoms with E-state index < -0.39 is 5.66 Å². The average Bonchev–Trinajstić information content (AvgIpc) is 3.55. The van der Waals surface area contributed by atoms with Gasteiger partial charge in [-0.2, -0.15) is 21.0 Å². The van der Waals surface area contributed by atoms with E-state index in [2.05, 4.69) is 94.7 Å². The summed E-state index contributed by atoms with van der Waals surface area (Å²) in [5.74, 6) is 0. The van der Waals surface area contributed by atoms with Crippen molar-refractivity contribution in [1.29, 1.82) is 21.0 Å². The van der Waals surface area contributed by atoms with Gasteiger partial charge in [-0.25, -0.2) is 0 Å². The molecule has 1 heterocycles. The van der Waals surface area contributed by atoms with E-state index in [4.69, 9.17) is 0 Å². The zero-order valence-electron chi connectivity index (χ0n) is 28.3. The highest BCUT2D eigenvalue weighted by molar-refractivity contribution is 6.00. The second-order valence-electron chi connectivity index (χ2n) is 12.7. The lowest BCUT2D eigenvalue weighted by Crippen LogP contribution is -2.51. The second-order valence-corrected chi connectivity index (χ2v) is 12.7. The first-order chi connectivity index (χ1) is 26.1. The van der Waals surface area contributed by atoms with Gasteiger partial charge in [0.1, 0.15) is 0 Å². The van der Waals surface area contributed by atoms with E-state index in [1.807, 2.05) is 97.1 Å². The minimum absolute atomic E-state index is 0.344. The van der Waals surface area contributed by atoms with E-state index in [1.165, 1.54) is 0 Å². The predicted molar refractivity (Wildman–Crippen MR) is 207 cm³/mol. The van der Waals surface area contributed by atoms with Crippen LogP contribution in [-0.4, -0.2) is 0 Å². The van der Waals surface area contributed by atoms with Crippen LogP contribution in [-0.2, 0) is 5.66 Å². The second kappa shape index (κ2) is 13.4. The zero-order chi connectivity index (χ0) is 36.4. The maximum Gasteiger partial charge on any atom is 0.175 e. The van der Waals surface area contributed by atoms with Crippen LogP contribution in [0, 0.1) is 45.3 Å². The molecule has 1 aliphatic rings. The van der Waals surface area contributed by atoms with Crippen LogP contribution < -0.4 is 9.80 Å². The topological polar surface area (TPSA) is 102 Å². The molecule has 7 aromatic rings. The van der Waals surface area contributed by atoms with Crippen LogP contribution in [0.25, 0.3) is 22.3 Å². The summed E-state index contributed by atoms with van der Waals surface area (Å²) in [6.45, 7) is 0. The van der Waals surface area contributed by atoms with Gasteiger partial charge in [-0.05, 0) is 70.8 Å². The van der Waals surface area contributed by atoms with Gasteiger partial charge in [0.05, 0.1) is 57.9 Å². The lowest BCUT2D eigenvalue weighted by Gasteiger charge is -2.47. The van der Waals surface area contributed by atoms with E-state index in [0.29, 0.717) is 33.6 Å². The van der Waals surface area contributed by atoms with Crippen molar-refractivity contribution >= 4 is 22.7 Å². The minimum atomic E-state index is -1.20. The normalized spacial score (nSPS) is 12.5. The van der Waals surface area contributed by atoms with Crippen LogP contribution in [0.3, 0.4) is 0 Å². The van der Waals surface area contributed by atoms with Gasteiger partial charge in [0.25, 0.3) is 0 Å². The fourth-order valence-corrected chi connectivity index (χ4v) is 7.51. The maximum absolute atomic E-state index is 10.2. The fourth-order valence-electron chi connectivity index (χ4n) is 7.51. The first kappa shape index (κ1) is 32.3. The van der Waals surface area contributed by atoms with Crippen molar-refractivity contribution < 1.29 is 0 Å². The van der Waals surface area contributed by atoms with Crippen LogP contribution in [0.15, 0.2) is 170 Å². The van der Waals surface area contributed by atoms with Crippen molar-refractivity contribution in [2.24, 2.45) is 0 Å². The molecule has 0 spiro atoms. The molecule has 0 saturated heterocycles. The number of hydrogen-bond acceptors (Lipinski definition) is 6. The number of fused-ring (bicyclic) bond motifs is 1. The molecular weight excluding hydrogens is 649 g/mol. The molecule has 6 heteroatoms. The van der Waals surface area contributed by atoms with E-state index in [0.717, 1.165) is 44.8 Å². The highest BCUT2D eigenvalue weighted by Gasteiger charge is 2.54. The van der Waals surface area contributed by atoms with Crippen molar-refractivity contribution in [2.45, 2.75) is 5.66 Å². The molecule has 0 fully saturated rings. The lowest BCUT2D eigenvalue weighted by atomic mass is 9.87. The largest absolute Gasteiger partial charge is 0.308 e. The third-order valence-corrected chi connectivity index (χ3v) is 9.63. The zero-order valence-corrected chi connectivity index (χ0v) is 28.3. The molecule has 0 radical (unpaired) electrons. The summed E-state index contributed by atoms with van der Waals surface area (Å²) in [6.07, 6.45) is 0. The summed E-state index contributed by atoms with van der Waals surface area (Å²) < 4.78 is 0. The Hall–Kier alpha value is -7.90. The lowest BCUT2D eigenvalue weighted by molar-refractivity contribution is 0.559. The Labute approximate surface area is 308 Å². The van der Waals surface area contributed by atoms with Crippen molar-refractivity contribution in [2.75, 3.05) is 9.80 Å². The Bertz CT molecular complexity index is 2410. The first-order valence-corrected chi connectivity index (χ1v) is 17.0. The molecule has 53 heavy (non-hydrogen) atoms. The third-order valence-electron chi connectivity index (χ3n) is 9.63. The molecule has 0 N–H and O–H groups in total. The van der Waals surface area contributed by atoms with E-state index in [-0.39, 0.29) is 0 Å². The van der Waals surface area contributed by atoms with Crippen LogP contribution >= 0.6 is 0 Å². The number of nitrogens with zero attached hydrogens (tertiary/aromatic N) is 6. The van der Waals surface area contributed by atoms with Crippen LogP contribution in [0.5, 0.6) is 0 Å².